The molecule has 4 N–H and O–H groups in total. The van der Waals surface area contributed by atoms with Gasteiger partial charge in [0.1, 0.15) is 11.3 Å². The van der Waals surface area contributed by atoms with E-state index in [-0.39, 0.29) is 17.8 Å². The van der Waals surface area contributed by atoms with E-state index in [1.54, 1.807) is 18.5 Å². The van der Waals surface area contributed by atoms with Crippen LogP contribution in [0, 0.1) is 5.82 Å². The molecule has 4 rings (SSSR count). The van der Waals surface area contributed by atoms with Crippen molar-refractivity contribution in [3.8, 4) is 0 Å². The number of hydrogen-bond acceptors (Lipinski definition) is 6. The summed E-state index contributed by atoms with van der Waals surface area (Å²) in [7, 11) is 0. The van der Waals surface area contributed by atoms with Gasteiger partial charge >= 0.3 is 0 Å². The second-order valence-electron chi connectivity index (χ2n) is 6.62. The summed E-state index contributed by atoms with van der Waals surface area (Å²) in [6.07, 6.45) is 3.22. The Morgan fingerprint density at radius 2 is 2.11 bits per heavy atom. The molecule has 0 fully saturated rings. The number of anilines is 2. The van der Waals surface area contributed by atoms with Crippen LogP contribution in [0.3, 0.4) is 0 Å². The lowest BCUT2D eigenvalue weighted by Gasteiger charge is -2.24. The third kappa shape index (κ3) is 3.38. The number of aromatic amines is 1. The average Bonchev–Trinajstić information content (AvgIpc) is 3.10. The van der Waals surface area contributed by atoms with Gasteiger partial charge in [-0.1, -0.05) is 12.1 Å². The number of aromatic nitrogens is 4. The van der Waals surface area contributed by atoms with Gasteiger partial charge in [0.15, 0.2) is 11.5 Å². The van der Waals surface area contributed by atoms with Crippen LogP contribution in [-0.2, 0) is 0 Å². The van der Waals surface area contributed by atoms with E-state index in [2.05, 4.69) is 25.3 Å². The number of rotatable bonds is 4. The Labute approximate surface area is 155 Å². The molecule has 2 aromatic heterocycles. The number of nitrogens with two attached hydrogens (primary N) is 1. The average molecular weight is 365 g/mol. The number of allylic oxidation sites excluding steroid dienone is 1. The zero-order chi connectivity index (χ0) is 19.0. The van der Waals surface area contributed by atoms with Gasteiger partial charge in [0.2, 0.25) is 5.95 Å². The minimum absolute atomic E-state index is 0.145. The van der Waals surface area contributed by atoms with Gasteiger partial charge in [0.05, 0.1) is 18.1 Å². The highest BCUT2D eigenvalue weighted by Gasteiger charge is 2.21. The van der Waals surface area contributed by atoms with E-state index >= 15 is 0 Å². The number of aliphatic imine (C=N–C) groups is 1. The standard InChI is InChI=1S/C19H20FN7/c1-10-6-7-14(12-4-3-5-13(20)8-12)15(24-10)11(2)25-18-16-17(23-9-22-16)26-19(21)27-18/h3-5,8-9,11H,6-7H2,1-2H3,(H4,21,22,23,25,26,27). The second-order valence-corrected chi connectivity index (χ2v) is 6.62. The Hall–Kier alpha value is -3.29. The van der Waals surface area contributed by atoms with E-state index in [1.165, 1.54) is 6.07 Å². The van der Waals surface area contributed by atoms with Crippen molar-refractivity contribution >= 4 is 34.2 Å². The van der Waals surface area contributed by atoms with Crippen molar-refractivity contribution in [2.45, 2.75) is 32.7 Å². The molecule has 3 aromatic rings. The summed E-state index contributed by atoms with van der Waals surface area (Å²) in [6, 6.07) is 6.46. The molecule has 8 heteroatoms. The summed E-state index contributed by atoms with van der Waals surface area (Å²) in [6.45, 7) is 4.00. The molecule has 1 aromatic carbocycles. The van der Waals surface area contributed by atoms with E-state index in [9.17, 15) is 4.39 Å². The van der Waals surface area contributed by atoms with Crippen molar-refractivity contribution in [1.82, 2.24) is 19.9 Å². The zero-order valence-corrected chi connectivity index (χ0v) is 15.1. The van der Waals surface area contributed by atoms with Crippen molar-refractivity contribution in [2.24, 2.45) is 4.99 Å². The Morgan fingerprint density at radius 3 is 2.93 bits per heavy atom. The number of benzene rings is 1. The number of halogens is 1. The molecule has 1 unspecified atom stereocenters. The fraction of sp³-hybridized carbons (Fsp3) is 0.263. The van der Waals surface area contributed by atoms with Gasteiger partial charge in [-0.3, -0.25) is 4.99 Å². The van der Waals surface area contributed by atoms with Crippen LogP contribution in [0.25, 0.3) is 16.7 Å². The summed E-state index contributed by atoms with van der Waals surface area (Å²) in [5.74, 6) is 0.452. The predicted molar refractivity (Wildman–Crippen MR) is 105 cm³/mol. The van der Waals surface area contributed by atoms with Crippen LogP contribution < -0.4 is 11.1 Å². The molecule has 0 radical (unpaired) electrons. The number of H-pyrrole nitrogens is 1. The van der Waals surface area contributed by atoms with E-state index in [0.717, 1.165) is 35.4 Å². The largest absolute Gasteiger partial charge is 0.368 e. The maximum absolute atomic E-state index is 13.7. The highest BCUT2D eigenvalue weighted by molar-refractivity contribution is 5.90. The lowest BCUT2D eigenvalue weighted by Crippen LogP contribution is -2.22. The lowest BCUT2D eigenvalue weighted by molar-refractivity contribution is 0.627. The van der Waals surface area contributed by atoms with Gasteiger partial charge in [-0.05, 0) is 50.0 Å². The fourth-order valence-corrected chi connectivity index (χ4v) is 3.32. The molecule has 0 saturated carbocycles. The number of fused-ring (bicyclic) bond motifs is 1. The first kappa shape index (κ1) is 17.1. The maximum Gasteiger partial charge on any atom is 0.224 e. The van der Waals surface area contributed by atoms with Gasteiger partial charge in [0, 0.05) is 5.71 Å². The molecule has 1 aliphatic heterocycles. The smallest absolute Gasteiger partial charge is 0.224 e. The molecule has 7 nitrogen and oxygen atoms in total. The second kappa shape index (κ2) is 6.79. The van der Waals surface area contributed by atoms with E-state index in [1.807, 2.05) is 19.9 Å². The Bertz CT molecular complexity index is 1070. The predicted octanol–water partition coefficient (Wildman–Crippen LogP) is 3.54. The number of imidazole rings is 1. The molecule has 3 heterocycles. The minimum atomic E-state index is -0.256. The molecule has 0 amide bonds. The highest BCUT2D eigenvalue weighted by Crippen LogP contribution is 2.32. The number of nitrogens with zero attached hydrogens (tertiary/aromatic N) is 4. The van der Waals surface area contributed by atoms with Crippen LogP contribution >= 0.6 is 0 Å². The van der Waals surface area contributed by atoms with Crippen LogP contribution in [0.15, 0.2) is 41.3 Å². The highest BCUT2D eigenvalue weighted by atomic mass is 19.1. The molecule has 0 bridgehead atoms. The van der Waals surface area contributed by atoms with Crippen LogP contribution in [-0.4, -0.2) is 31.7 Å². The SMILES string of the molecule is CC1=NC(C(C)Nc2nc(N)nc3nc[nH]c23)=C(c2cccc(F)c2)CC1. The van der Waals surface area contributed by atoms with Gasteiger partial charge < -0.3 is 16.0 Å². The van der Waals surface area contributed by atoms with Crippen molar-refractivity contribution in [3.05, 3.63) is 47.7 Å². The molecule has 0 spiro atoms. The Kier molecular flexibility index (Phi) is 4.31. The first-order chi connectivity index (χ1) is 13.0. The van der Waals surface area contributed by atoms with E-state index < -0.39 is 0 Å². The molecule has 0 saturated heterocycles. The first-order valence-electron chi connectivity index (χ1n) is 8.77. The minimum Gasteiger partial charge on any atom is -0.368 e. The molecule has 1 aliphatic rings. The summed E-state index contributed by atoms with van der Waals surface area (Å²) < 4.78 is 13.7. The first-order valence-corrected chi connectivity index (χ1v) is 8.77. The van der Waals surface area contributed by atoms with Crippen molar-refractivity contribution in [1.29, 1.82) is 0 Å². The van der Waals surface area contributed by atoms with E-state index in [4.69, 9.17) is 10.7 Å². The van der Waals surface area contributed by atoms with E-state index in [0.29, 0.717) is 17.0 Å². The summed E-state index contributed by atoms with van der Waals surface area (Å²) >= 11 is 0. The van der Waals surface area contributed by atoms with Crippen molar-refractivity contribution < 1.29 is 4.39 Å². The van der Waals surface area contributed by atoms with Crippen LogP contribution in [0.1, 0.15) is 32.3 Å². The number of nitrogens with one attached hydrogen (secondary N) is 2. The molecular formula is C19H20FN7. The topological polar surface area (TPSA) is 105 Å². The molecule has 0 aliphatic carbocycles. The van der Waals surface area contributed by atoms with Crippen LogP contribution in [0.5, 0.6) is 0 Å². The molecule has 138 valence electrons. The monoisotopic (exact) mass is 365 g/mol. The zero-order valence-electron chi connectivity index (χ0n) is 15.1. The third-order valence-electron chi connectivity index (χ3n) is 4.60. The molecule has 27 heavy (non-hydrogen) atoms. The maximum atomic E-state index is 13.7. The Morgan fingerprint density at radius 1 is 1.26 bits per heavy atom. The van der Waals surface area contributed by atoms with Crippen molar-refractivity contribution in [2.75, 3.05) is 11.1 Å². The Balaban J connectivity index is 1.75. The van der Waals surface area contributed by atoms with Gasteiger partial charge in [0.25, 0.3) is 0 Å². The number of hydrogen-bond donors (Lipinski definition) is 3. The molecule has 1 atom stereocenters. The van der Waals surface area contributed by atoms with Crippen LogP contribution in [0.2, 0.25) is 0 Å². The lowest BCUT2D eigenvalue weighted by atomic mass is 9.93. The van der Waals surface area contributed by atoms with Gasteiger partial charge in [-0.15, -0.1) is 0 Å². The normalized spacial score (nSPS) is 15.7. The third-order valence-corrected chi connectivity index (χ3v) is 4.60. The molecular weight excluding hydrogens is 345 g/mol. The summed E-state index contributed by atoms with van der Waals surface area (Å²) in [5.41, 5.74) is 10.8. The summed E-state index contributed by atoms with van der Waals surface area (Å²) in [4.78, 5) is 20.3. The summed E-state index contributed by atoms with van der Waals surface area (Å²) in [5, 5.41) is 3.36. The fourth-order valence-electron chi connectivity index (χ4n) is 3.32. The van der Waals surface area contributed by atoms with Crippen molar-refractivity contribution in [3.63, 3.8) is 0 Å². The van der Waals surface area contributed by atoms with Gasteiger partial charge in [-0.2, -0.15) is 9.97 Å². The quantitative estimate of drug-likeness (QED) is 0.656. The van der Waals surface area contributed by atoms with Gasteiger partial charge in [-0.25, -0.2) is 9.37 Å². The number of nitrogen functional groups attached to an aromatic ring is 1. The van der Waals surface area contributed by atoms with Crippen LogP contribution in [0.4, 0.5) is 16.2 Å².